The third-order valence-corrected chi connectivity index (χ3v) is 4.13. The maximum absolute atomic E-state index is 5.93. The molecule has 0 saturated carbocycles. The van der Waals surface area contributed by atoms with Crippen LogP contribution in [0.1, 0.15) is 29.7 Å². The monoisotopic (exact) mass is 279 g/mol. The van der Waals surface area contributed by atoms with Gasteiger partial charge in [-0.1, -0.05) is 17.3 Å². The van der Waals surface area contributed by atoms with Gasteiger partial charge in [-0.05, 0) is 49.4 Å². The first kappa shape index (κ1) is 12.5. The Bertz CT molecular complexity index is 806. The van der Waals surface area contributed by atoms with E-state index in [0.717, 1.165) is 35.3 Å². The van der Waals surface area contributed by atoms with Crippen molar-refractivity contribution in [3.05, 3.63) is 47.2 Å². The summed E-state index contributed by atoms with van der Waals surface area (Å²) in [5.74, 6) is 0.826. The Labute approximate surface area is 122 Å². The number of hydrogen-bond donors (Lipinski definition) is 1. The Kier molecular flexibility index (Phi) is 2.93. The lowest BCUT2D eigenvalue weighted by molar-refractivity contribution is 0.657. The highest BCUT2D eigenvalue weighted by Gasteiger charge is 2.17. The first-order valence-electron chi connectivity index (χ1n) is 7.39. The van der Waals surface area contributed by atoms with Gasteiger partial charge in [0.05, 0.1) is 5.52 Å². The molecule has 4 rings (SSSR count). The molecule has 3 aromatic rings. The van der Waals surface area contributed by atoms with E-state index in [9.17, 15) is 0 Å². The SMILES string of the molecule is NCc1cc2c(nc1-n1nnc3ccccc31)CCCC2. The summed E-state index contributed by atoms with van der Waals surface area (Å²) in [6, 6.07) is 10.1. The molecule has 0 fully saturated rings. The molecule has 5 nitrogen and oxygen atoms in total. The molecule has 2 heterocycles. The first-order valence-corrected chi connectivity index (χ1v) is 7.39. The van der Waals surface area contributed by atoms with Crippen molar-refractivity contribution in [1.29, 1.82) is 0 Å². The fraction of sp³-hybridized carbons (Fsp3) is 0.312. The number of rotatable bonds is 2. The first-order chi connectivity index (χ1) is 10.4. The van der Waals surface area contributed by atoms with Crippen molar-refractivity contribution in [3.63, 3.8) is 0 Å². The summed E-state index contributed by atoms with van der Waals surface area (Å²) in [7, 11) is 0. The van der Waals surface area contributed by atoms with Crippen molar-refractivity contribution >= 4 is 11.0 Å². The predicted molar refractivity (Wildman–Crippen MR) is 81.2 cm³/mol. The standard InChI is InChI=1S/C16H17N5/c17-10-12-9-11-5-1-2-6-13(11)18-16(12)21-15-8-4-3-7-14(15)19-20-21/h3-4,7-9H,1-2,5-6,10,17H2. The molecule has 21 heavy (non-hydrogen) atoms. The number of pyridine rings is 1. The molecule has 2 N–H and O–H groups in total. The number of aromatic nitrogens is 4. The van der Waals surface area contributed by atoms with Crippen LogP contribution in [0.15, 0.2) is 30.3 Å². The van der Waals surface area contributed by atoms with Gasteiger partial charge in [-0.25, -0.2) is 4.98 Å². The van der Waals surface area contributed by atoms with Gasteiger partial charge in [0.25, 0.3) is 0 Å². The number of nitrogens with zero attached hydrogens (tertiary/aromatic N) is 4. The summed E-state index contributed by atoms with van der Waals surface area (Å²) < 4.78 is 1.81. The molecule has 1 aliphatic rings. The lowest BCUT2D eigenvalue weighted by Gasteiger charge is -2.18. The molecule has 0 atom stereocenters. The topological polar surface area (TPSA) is 69.6 Å². The summed E-state index contributed by atoms with van der Waals surface area (Å²) in [4.78, 5) is 4.86. The second kappa shape index (κ2) is 4.93. The molecule has 106 valence electrons. The zero-order valence-electron chi connectivity index (χ0n) is 11.8. The third-order valence-electron chi connectivity index (χ3n) is 4.13. The molecule has 0 amide bonds. The van der Waals surface area contributed by atoms with Gasteiger partial charge in [0.1, 0.15) is 5.52 Å². The molecular formula is C16H17N5. The number of aryl methyl sites for hydroxylation is 2. The maximum Gasteiger partial charge on any atom is 0.160 e. The normalized spacial score (nSPS) is 14.3. The molecule has 2 aromatic heterocycles. The Morgan fingerprint density at radius 3 is 2.90 bits per heavy atom. The van der Waals surface area contributed by atoms with E-state index >= 15 is 0 Å². The highest BCUT2D eigenvalue weighted by molar-refractivity contribution is 5.75. The van der Waals surface area contributed by atoms with Crippen LogP contribution in [0, 0.1) is 0 Å². The van der Waals surface area contributed by atoms with Crippen molar-refractivity contribution in [2.24, 2.45) is 5.73 Å². The second-order valence-corrected chi connectivity index (χ2v) is 5.48. The van der Waals surface area contributed by atoms with Crippen LogP contribution in [-0.4, -0.2) is 20.0 Å². The lowest BCUT2D eigenvalue weighted by Crippen LogP contribution is -2.14. The minimum absolute atomic E-state index is 0.462. The molecule has 0 bridgehead atoms. The third kappa shape index (κ3) is 2.01. The van der Waals surface area contributed by atoms with Gasteiger partial charge < -0.3 is 5.73 Å². The van der Waals surface area contributed by atoms with Crippen molar-refractivity contribution in [1.82, 2.24) is 20.0 Å². The number of benzene rings is 1. The number of nitrogens with two attached hydrogens (primary N) is 1. The van der Waals surface area contributed by atoms with Gasteiger partial charge in [-0.15, -0.1) is 5.10 Å². The summed E-state index contributed by atoms with van der Waals surface area (Å²) >= 11 is 0. The number of hydrogen-bond acceptors (Lipinski definition) is 4. The van der Waals surface area contributed by atoms with Crippen LogP contribution < -0.4 is 5.73 Å². The molecule has 0 spiro atoms. The fourth-order valence-corrected chi connectivity index (χ4v) is 3.03. The molecule has 1 aliphatic carbocycles. The molecule has 0 unspecified atom stereocenters. The lowest BCUT2D eigenvalue weighted by atomic mass is 9.95. The average Bonchev–Trinajstić information content (AvgIpc) is 2.97. The van der Waals surface area contributed by atoms with Crippen LogP contribution >= 0.6 is 0 Å². The van der Waals surface area contributed by atoms with Gasteiger partial charge in [-0.2, -0.15) is 4.68 Å². The molecule has 0 saturated heterocycles. The molecule has 1 aromatic carbocycles. The molecular weight excluding hydrogens is 262 g/mol. The van der Waals surface area contributed by atoms with Gasteiger partial charge in [0.2, 0.25) is 0 Å². The van der Waals surface area contributed by atoms with Gasteiger partial charge >= 0.3 is 0 Å². The smallest absolute Gasteiger partial charge is 0.160 e. The zero-order valence-corrected chi connectivity index (χ0v) is 11.8. The van der Waals surface area contributed by atoms with Crippen molar-refractivity contribution in [2.45, 2.75) is 32.2 Å². The second-order valence-electron chi connectivity index (χ2n) is 5.48. The molecule has 0 aliphatic heterocycles. The van der Waals surface area contributed by atoms with Crippen LogP contribution in [0.5, 0.6) is 0 Å². The summed E-state index contributed by atoms with van der Waals surface area (Å²) in [6.07, 6.45) is 4.59. The van der Waals surface area contributed by atoms with Gasteiger partial charge in [0, 0.05) is 17.8 Å². The van der Waals surface area contributed by atoms with E-state index in [0.29, 0.717) is 6.54 Å². The van der Waals surface area contributed by atoms with E-state index in [4.69, 9.17) is 10.7 Å². The zero-order chi connectivity index (χ0) is 14.2. The van der Waals surface area contributed by atoms with Crippen molar-refractivity contribution in [2.75, 3.05) is 0 Å². The van der Waals surface area contributed by atoms with Crippen LogP contribution in [0.2, 0.25) is 0 Å². The summed E-state index contributed by atoms with van der Waals surface area (Å²) in [5, 5.41) is 8.49. The minimum atomic E-state index is 0.462. The largest absolute Gasteiger partial charge is 0.326 e. The average molecular weight is 279 g/mol. The van der Waals surface area contributed by atoms with Crippen LogP contribution in [-0.2, 0) is 19.4 Å². The van der Waals surface area contributed by atoms with Crippen LogP contribution in [0.3, 0.4) is 0 Å². The van der Waals surface area contributed by atoms with Gasteiger partial charge in [0.15, 0.2) is 5.82 Å². The van der Waals surface area contributed by atoms with Crippen LogP contribution in [0.25, 0.3) is 16.9 Å². The highest BCUT2D eigenvalue weighted by Crippen LogP contribution is 2.25. The maximum atomic E-state index is 5.93. The number of para-hydroxylation sites is 1. The van der Waals surface area contributed by atoms with Crippen molar-refractivity contribution < 1.29 is 0 Å². The van der Waals surface area contributed by atoms with Crippen LogP contribution in [0.4, 0.5) is 0 Å². The Morgan fingerprint density at radius 2 is 2.00 bits per heavy atom. The minimum Gasteiger partial charge on any atom is -0.326 e. The predicted octanol–water partition coefficient (Wildman–Crippen LogP) is 2.15. The Hall–Kier alpha value is -2.27. The fourth-order valence-electron chi connectivity index (χ4n) is 3.03. The quantitative estimate of drug-likeness (QED) is 0.780. The Morgan fingerprint density at radius 1 is 1.14 bits per heavy atom. The molecule has 0 radical (unpaired) electrons. The van der Waals surface area contributed by atoms with E-state index in [1.165, 1.54) is 24.1 Å². The van der Waals surface area contributed by atoms with Gasteiger partial charge in [-0.3, -0.25) is 0 Å². The Balaban J connectivity index is 1.94. The van der Waals surface area contributed by atoms with E-state index in [1.807, 2.05) is 28.9 Å². The summed E-state index contributed by atoms with van der Waals surface area (Å²) in [6.45, 7) is 0.462. The highest BCUT2D eigenvalue weighted by atomic mass is 15.4. The number of fused-ring (bicyclic) bond motifs is 2. The van der Waals surface area contributed by atoms with E-state index < -0.39 is 0 Å². The molecule has 5 heteroatoms. The summed E-state index contributed by atoms with van der Waals surface area (Å²) in [5.41, 5.74) is 11.3. The van der Waals surface area contributed by atoms with E-state index in [2.05, 4.69) is 16.4 Å². The van der Waals surface area contributed by atoms with E-state index in [-0.39, 0.29) is 0 Å². The van der Waals surface area contributed by atoms with E-state index in [1.54, 1.807) is 0 Å². The van der Waals surface area contributed by atoms with Crippen molar-refractivity contribution in [3.8, 4) is 5.82 Å².